The molecule has 6 nitrogen and oxygen atoms in total. The lowest BCUT2D eigenvalue weighted by molar-refractivity contribution is 0.664. The first kappa shape index (κ1) is 11.8. The van der Waals surface area contributed by atoms with Crippen molar-refractivity contribution in [3.63, 3.8) is 0 Å². The number of hydrogen-bond donors (Lipinski definition) is 1. The number of nitrogens with one attached hydrogen (secondary N) is 1. The van der Waals surface area contributed by atoms with Crippen molar-refractivity contribution in [3.05, 3.63) is 27.9 Å². The van der Waals surface area contributed by atoms with E-state index in [1.807, 2.05) is 13.8 Å². The van der Waals surface area contributed by atoms with E-state index in [1.165, 1.54) is 11.3 Å². The van der Waals surface area contributed by atoms with E-state index in [1.54, 1.807) is 21.5 Å². The predicted octanol–water partition coefficient (Wildman–Crippen LogP) is 1.00. The summed E-state index contributed by atoms with van der Waals surface area (Å²) < 4.78 is 3.30. The third-order valence-electron chi connectivity index (χ3n) is 2.36. The molecule has 0 saturated heterocycles. The first-order valence-electron chi connectivity index (χ1n) is 5.56. The molecule has 2 heterocycles. The normalized spacial score (nSPS) is 10.7. The Kier molecular flexibility index (Phi) is 3.58. The molecule has 0 unspecified atom stereocenters. The van der Waals surface area contributed by atoms with E-state index in [4.69, 9.17) is 0 Å². The van der Waals surface area contributed by atoms with E-state index in [0.717, 1.165) is 16.7 Å². The fraction of sp³-hybridized carbons (Fsp3) is 0.500. The highest BCUT2D eigenvalue weighted by atomic mass is 32.1. The molecule has 0 aliphatic heterocycles. The van der Waals surface area contributed by atoms with Gasteiger partial charge in [0.1, 0.15) is 5.01 Å². The van der Waals surface area contributed by atoms with Crippen molar-refractivity contribution in [2.75, 3.05) is 11.9 Å². The van der Waals surface area contributed by atoms with Gasteiger partial charge in [-0.15, -0.1) is 10.2 Å². The summed E-state index contributed by atoms with van der Waals surface area (Å²) in [6, 6.07) is 0. The fourth-order valence-corrected chi connectivity index (χ4v) is 2.31. The first-order chi connectivity index (χ1) is 8.24. The Morgan fingerprint density at radius 2 is 2.06 bits per heavy atom. The van der Waals surface area contributed by atoms with Crippen LogP contribution in [0.4, 0.5) is 5.13 Å². The molecule has 2 rings (SSSR count). The molecule has 0 saturated carbocycles. The van der Waals surface area contributed by atoms with E-state index in [-0.39, 0.29) is 5.69 Å². The summed E-state index contributed by atoms with van der Waals surface area (Å²) >= 11 is 1.48. The lowest BCUT2D eigenvalue weighted by Gasteiger charge is -1.96. The number of rotatable bonds is 5. The SMILES string of the molecule is CCNc1nnc(Cn2ccn(CC)c2=O)s1. The van der Waals surface area contributed by atoms with Gasteiger partial charge in [0.05, 0.1) is 6.54 Å². The highest BCUT2D eigenvalue weighted by Gasteiger charge is 2.07. The summed E-state index contributed by atoms with van der Waals surface area (Å²) in [6.07, 6.45) is 3.56. The summed E-state index contributed by atoms with van der Waals surface area (Å²) in [6.45, 7) is 5.94. The van der Waals surface area contributed by atoms with Gasteiger partial charge in [-0.05, 0) is 13.8 Å². The van der Waals surface area contributed by atoms with Crippen molar-refractivity contribution >= 4 is 16.5 Å². The average Bonchev–Trinajstić information content (AvgIpc) is 2.89. The molecule has 7 heteroatoms. The Labute approximate surface area is 103 Å². The molecule has 0 radical (unpaired) electrons. The van der Waals surface area contributed by atoms with Crippen molar-refractivity contribution in [2.24, 2.45) is 0 Å². The van der Waals surface area contributed by atoms with Crippen LogP contribution in [0.5, 0.6) is 0 Å². The van der Waals surface area contributed by atoms with Crippen molar-refractivity contribution in [1.29, 1.82) is 0 Å². The van der Waals surface area contributed by atoms with Gasteiger partial charge in [0.25, 0.3) is 0 Å². The van der Waals surface area contributed by atoms with Crippen LogP contribution in [-0.4, -0.2) is 25.9 Å². The van der Waals surface area contributed by atoms with Gasteiger partial charge in [-0.25, -0.2) is 4.79 Å². The van der Waals surface area contributed by atoms with Crippen LogP contribution in [0.1, 0.15) is 18.9 Å². The maximum Gasteiger partial charge on any atom is 0.328 e. The maximum atomic E-state index is 11.8. The van der Waals surface area contributed by atoms with Gasteiger partial charge in [-0.3, -0.25) is 9.13 Å². The second kappa shape index (κ2) is 5.13. The lowest BCUT2D eigenvalue weighted by Crippen LogP contribution is -2.23. The molecule has 0 amide bonds. The van der Waals surface area contributed by atoms with E-state index in [0.29, 0.717) is 13.1 Å². The van der Waals surface area contributed by atoms with E-state index >= 15 is 0 Å². The molecule has 0 aliphatic rings. The fourth-order valence-electron chi connectivity index (χ4n) is 1.50. The van der Waals surface area contributed by atoms with Crippen molar-refractivity contribution in [3.8, 4) is 0 Å². The van der Waals surface area contributed by atoms with Crippen molar-refractivity contribution < 1.29 is 0 Å². The third kappa shape index (κ3) is 2.55. The van der Waals surface area contributed by atoms with Crippen LogP contribution in [0.2, 0.25) is 0 Å². The molecule has 2 aromatic rings. The van der Waals surface area contributed by atoms with Crippen molar-refractivity contribution in [2.45, 2.75) is 26.9 Å². The Bertz CT molecular complexity index is 541. The molecule has 2 aromatic heterocycles. The Morgan fingerprint density at radius 1 is 1.29 bits per heavy atom. The number of nitrogens with zero attached hydrogens (tertiary/aromatic N) is 4. The second-order valence-corrected chi connectivity index (χ2v) is 4.59. The smallest absolute Gasteiger partial charge is 0.328 e. The van der Waals surface area contributed by atoms with Gasteiger partial charge >= 0.3 is 5.69 Å². The van der Waals surface area contributed by atoms with Crippen LogP contribution in [0.3, 0.4) is 0 Å². The van der Waals surface area contributed by atoms with E-state index in [2.05, 4.69) is 15.5 Å². The van der Waals surface area contributed by atoms with Gasteiger partial charge in [-0.2, -0.15) is 0 Å². The minimum atomic E-state index is -0.00676. The topological polar surface area (TPSA) is 64.7 Å². The minimum Gasteiger partial charge on any atom is -0.360 e. The lowest BCUT2D eigenvalue weighted by atomic mass is 10.6. The molecule has 92 valence electrons. The highest BCUT2D eigenvalue weighted by Crippen LogP contribution is 2.15. The number of aromatic nitrogens is 4. The van der Waals surface area contributed by atoms with Crippen LogP contribution in [-0.2, 0) is 13.1 Å². The number of anilines is 1. The molecule has 0 atom stereocenters. The van der Waals surface area contributed by atoms with Gasteiger partial charge < -0.3 is 5.32 Å². The monoisotopic (exact) mass is 253 g/mol. The highest BCUT2D eigenvalue weighted by molar-refractivity contribution is 7.15. The average molecular weight is 253 g/mol. The van der Waals surface area contributed by atoms with Crippen LogP contribution in [0, 0.1) is 0 Å². The zero-order chi connectivity index (χ0) is 12.3. The van der Waals surface area contributed by atoms with Crippen LogP contribution < -0.4 is 11.0 Å². The molecular formula is C10H15N5OS. The van der Waals surface area contributed by atoms with Gasteiger partial charge in [0.15, 0.2) is 0 Å². The molecule has 17 heavy (non-hydrogen) atoms. The minimum absolute atomic E-state index is 0.00676. The Hall–Kier alpha value is -1.63. The Balaban J connectivity index is 2.14. The maximum absolute atomic E-state index is 11.8. The van der Waals surface area contributed by atoms with E-state index < -0.39 is 0 Å². The number of imidazole rings is 1. The molecule has 0 bridgehead atoms. The second-order valence-electron chi connectivity index (χ2n) is 3.53. The van der Waals surface area contributed by atoms with Gasteiger partial charge in [-0.1, -0.05) is 11.3 Å². The molecule has 0 aliphatic carbocycles. The summed E-state index contributed by atoms with van der Waals surface area (Å²) in [7, 11) is 0. The van der Waals surface area contributed by atoms with Crippen LogP contribution >= 0.6 is 11.3 Å². The van der Waals surface area contributed by atoms with Crippen molar-refractivity contribution in [1.82, 2.24) is 19.3 Å². The molecular weight excluding hydrogens is 238 g/mol. The zero-order valence-corrected chi connectivity index (χ0v) is 10.7. The summed E-state index contributed by atoms with van der Waals surface area (Å²) in [4.78, 5) is 11.8. The third-order valence-corrected chi connectivity index (χ3v) is 3.22. The van der Waals surface area contributed by atoms with Gasteiger partial charge in [0, 0.05) is 25.5 Å². The number of hydrogen-bond acceptors (Lipinski definition) is 5. The Morgan fingerprint density at radius 3 is 2.71 bits per heavy atom. The van der Waals surface area contributed by atoms with Gasteiger partial charge in [0.2, 0.25) is 5.13 Å². The molecule has 0 fully saturated rings. The largest absolute Gasteiger partial charge is 0.360 e. The molecule has 1 N–H and O–H groups in total. The number of aryl methyl sites for hydroxylation is 1. The zero-order valence-electron chi connectivity index (χ0n) is 9.88. The first-order valence-corrected chi connectivity index (χ1v) is 6.38. The summed E-state index contributed by atoms with van der Waals surface area (Å²) in [5, 5.41) is 12.8. The molecule has 0 spiro atoms. The quantitative estimate of drug-likeness (QED) is 0.863. The standard InChI is InChI=1S/C10H15N5OS/c1-3-11-9-13-12-8(17-9)7-15-6-5-14(4-2)10(15)16/h5-6H,3-4,7H2,1-2H3,(H,11,13). The molecule has 0 aromatic carbocycles. The van der Waals surface area contributed by atoms with Crippen LogP contribution in [0.15, 0.2) is 17.2 Å². The summed E-state index contributed by atoms with van der Waals surface area (Å²) in [5.41, 5.74) is -0.00676. The van der Waals surface area contributed by atoms with E-state index in [9.17, 15) is 4.79 Å². The summed E-state index contributed by atoms with van der Waals surface area (Å²) in [5.74, 6) is 0. The van der Waals surface area contributed by atoms with Crippen LogP contribution in [0.25, 0.3) is 0 Å². The predicted molar refractivity (Wildman–Crippen MR) is 67.5 cm³/mol.